The first-order valence-corrected chi connectivity index (χ1v) is 6.53. The SMILES string of the molecule is CI(C)N. The Morgan fingerprint density at radius 1 is 1.50 bits per heavy atom. The molecule has 0 saturated carbocycles. The van der Waals surface area contributed by atoms with E-state index in [4.69, 9.17) is 3.95 Å². The van der Waals surface area contributed by atoms with E-state index in [1.54, 1.807) is 0 Å². The molecule has 0 bridgehead atoms. The van der Waals surface area contributed by atoms with E-state index in [2.05, 4.69) is 9.86 Å². The number of alkyl halides is 2. The predicted molar refractivity (Wildman–Crippen MR) is 30.1 cm³/mol. The molecule has 0 aromatic rings. The van der Waals surface area contributed by atoms with Gasteiger partial charge in [-0.05, 0) is 0 Å². The fraction of sp³-hybridized carbons (Fsp3) is 1.00. The van der Waals surface area contributed by atoms with Crippen LogP contribution in [0.2, 0.25) is 0 Å². The summed E-state index contributed by atoms with van der Waals surface area (Å²) in [6.07, 6.45) is 0. The van der Waals surface area contributed by atoms with Gasteiger partial charge in [-0.15, -0.1) is 0 Å². The van der Waals surface area contributed by atoms with Gasteiger partial charge in [-0.1, -0.05) is 0 Å². The third-order valence-corrected chi connectivity index (χ3v) is 0. The van der Waals surface area contributed by atoms with Crippen LogP contribution in [0.5, 0.6) is 0 Å². The van der Waals surface area contributed by atoms with Crippen LogP contribution in [0.25, 0.3) is 0 Å². The molecule has 0 radical (unpaired) electrons. The summed E-state index contributed by atoms with van der Waals surface area (Å²) in [6, 6.07) is 0. The minimum atomic E-state index is -0.763. The van der Waals surface area contributed by atoms with E-state index in [1.165, 1.54) is 0 Å². The normalized spacial score (nSPS) is 11.2. The van der Waals surface area contributed by atoms with Gasteiger partial charge in [0.1, 0.15) is 0 Å². The third kappa shape index (κ3) is 16.1. The van der Waals surface area contributed by atoms with E-state index in [-0.39, 0.29) is 0 Å². The first-order chi connectivity index (χ1) is 1.73. The Morgan fingerprint density at radius 3 is 1.50 bits per heavy atom. The van der Waals surface area contributed by atoms with Gasteiger partial charge in [-0.25, -0.2) is 0 Å². The van der Waals surface area contributed by atoms with Crippen molar-refractivity contribution in [3.8, 4) is 0 Å². The summed E-state index contributed by atoms with van der Waals surface area (Å²) in [7, 11) is 0. The Bertz CT molecular complexity index is 10.8. The Balaban J connectivity index is 2.32. The predicted octanol–water partition coefficient (Wildman–Crippen LogP) is 0.626. The average Bonchev–Trinajstić information content (AvgIpc) is 0.811. The van der Waals surface area contributed by atoms with E-state index in [0.717, 1.165) is 0 Å². The zero-order valence-corrected chi connectivity index (χ0v) is 5.11. The summed E-state index contributed by atoms with van der Waals surface area (Å²) in [4.78, 5) is 4.20. The molecule has 0 aliphatic heterocycles. The van der Waals surface area contributed by atoms with E-state index >= 15 is 0 Å². The molecule has 0 rings (SSSR count). The summed E-state index contributed by atoms with van der Waals surface area (Å²) < 4.78 is 5.27. The number of hydrogen-bond donors (Lipinski definition) is 1. The molecule has 0 fully saturated rings. The molecule has 0 saturated heterocycles. The molecular formula is C2H8IN. The average molecular weight is 173 g/mol. The van der Waals surface area contributed by atoms with Crippen molar-refractivity contribution in [2.45, 2.75) is 0 Å². The zero-order valence-electron chi connectivity index (χ0n) is 2.96. The van der Waals surface area contributed by atoms with Gasteiger partial charge >= 0.3 is 33.9 Å². The molecule has 0 aromatic carbocycles. The molecule has 0 atom stereocenters. The third-order valence-electron chi connectivity index (χ3n) is 0. The second-order valence-electron chi connectivity index (χ2n) is 0.814. The Hall–Kier alpha value is 0.690. The summed E-state index contributed by atoms with van der Waals surface area (Å²) in [5, 5.41) is 0. The van der Waals surface area contributed by atoms with E-state index in [0.29, 0.717) is 0 Å². The van der Waals surface area contributed by atoms with Crippen molar-refractivity contribution in [3.63, 3.8) is 0 Å². The standard InChI is InChI=1S/C2H8IN/c1-3(2)4/h4H2,1-2H3. The first kappa shape index (κ1) is 4.69. The molecule has 2 heteroatoms. The molecule has 0 amide bonds. The molecule has 28 valence electrons. The van der Waals surface area contributed by atoms with Crippen molar-refractivity contribution in [1.82, 2.24) is 0 Å². The van der Waals surface area contributed by atoms with Gasteiger partial charge < -0.3 is 0 Å². The number of nitrogens with two attached hydrogens (primary N) is 1. The second kappa shape index (κ2) is 1.96. The van der Waals surface area contributed by atoms with Crippen LogP contribution in [0.3, 0.4) is 0 Å². The summed E-state index contributed by atoms with van der Waals surface area (Å²) >= 11 is -0.763. The fourth-order valence-electron chi connectivity index (χ4n) is 0. The summed E-state index contributed by atoms with van der Waals surface area (Å²) in [6.45, 7) is 0. The molecule has 0 heterocycles. The van der Waals surface area contributed by atoms with Gasteiger partial charge in [-0.2, -0.15) is 0 Å². The van der Waals surface area contributed by atoms with Crippen molar-refractivity contribution in [3.05, 3.63) is 0 Å². The van der Waals surface area contributed by atoms with E-state index < -0.39 is 20.1 Å². The van der Waals surface area contributed by atoms with Crippen LogP contribution in [0.1, 0.15) is 0 Å². The molecule has 4 heavy (non-hydrogen) atoms. The second-order valence-corrected chi connectivity index (χ2v) is 5.46. The molecule has 2 N–H and O–H groups in total. The Kier molecular flexibility index (Phi) is 2.30. The van der Waals surface area contributed by atoms with Crippen molar-refractivity contribution in [2.24, 2.45) is 3.95 Å². The first-order valence-electron chi connectivity index (χ1n) is 0.974. The van der Waals surface area contributed by atoms with Gasteiger partial charge in [-0.3, -0.25) is 0 Å². The van der Waals surface area contributed by atoms with Crippen LogP contribution in [-0.4, -0.2) is 9.86 Å². The molecule has 0 aliphatic rings. The minimum absolute atomic E-state index is 0.763. The van der Waals surface area contributed by atoms with Gasteiger partial charge in [0, 0.05) is 0 Å². The van der Waals surface area contributed by atoms with E-state index in [1.807, 2.05) is 0 Å². The Morgan fingerprint density at radius 2 is 1.50 bits per heavy atom. The van der Waals surface area contributed by atoms with Crippen LogP contribution in [0.15, 0.2) is 0 Å². The Labute approximate surface area is 34.3 Å². The summed E-state index contributed by atoms with van der Waals surface area (Å²) in [5.41, 5.74) is 0. The molecule has 0 aliphatic carbocycles. The molecule has 0 spiro atoms. The quantitative estimate of drug-likeness (QED) is 0.324. The maximum absolute atomic E-state index is 5.27. The fourth-order valence-corrected chi connectivity index (χ4v) is 0. The van der Waals surface area contributed by atoms with Gasteiger partial charge in [0.2, 0.25) is 0 Å². The van der Waals surface area contributed by atoms with Crippen molar-refractivity contribution in [2.75, 3.05) is 9.86 Å². The zero-order chi connectivity index (χ0) is 3.58. The number of hydrogen-bond acceptors (Lipinski definition) is 1. The maximum atomic E-state index is 5.27. The van der Waals surface area contributed by atoms with Crippen molar-refractivity contribution >= 4 is 20.1 Å². The molecule has 0 aromatic heterocycles. The summed E-state index contributed by atoms with van der Waals surface area (Å²) in [5.74, 6) is 0. The number of rotatable bonds is 0. The van der Waals surface area contributed by atoms with Crippen molar-refractivity contribution in [1.29, 1.82) is 0 Å². The van der Waals surface area contributed by atoms with Crippen LogP contribution in [-0.2, 0) is 0 Å². The molecular weight excluding hydrogens is 165 g/mol. The van der Waals surface area contributed by atoms with E-state index in [9.17, 15) is 0 Å². The van der Waals surface area contributed by atoms with Crippen LogP contribution in [0, 0.1) is 0 Å². The van der Waals surface area contributed by atoms with Gasteiger partial charge in [0.25, 0.3) is 0 Å². The van der Waals surface area contributed by atoms with Gasteiger partial charge in [0.05, 0.1) is 0 Å². The van der Waals surface area contributed by atoms with Crippen LogP contribution >= 0.6 is 20.1 Å². The van der Waals surface area contributed by atoms with Gasteiger partial charge in [0.15, 0.2) is 0 Å². The number of halogens is 1. The topological polar surface area (TPSA) is 26.0 Å². The van der Waals surface area contributed by atoms with Crippen LogP contribution in [0.4, 0.5) is 0 Å². The van der Waals surface area contributed by atoms with Crippen LogP contribution < -0.4 is 3.95 Å². The van der Waals surface area contributed by atoms with Crippen molar-refractivity contribution < 1.29 is 0 Å². The molecule has 1 nitrogen and oxygen atoms in total. The molecule has 0 unspecified atom stereocenters. The monoisotopic (exact) mass is 173 g/mol.